The van der Waals surface area contributed by atoms with Crippen molar-refractivity contribution < 1.29 is 4.74 Å². The second kappa shape index (κ2) is 9.28. The summed E-state index contributed by atoms with van der Waals surface area (Å²) in [4.78, 5) is 8.41. The van der Waals surface area contributed by atoms with Crippen LogP contribution in [0.4, 0.5) is 28.7 Å². The quantitative estimate of drug-likeness (QED) is 0.329. The van der Waals surface area contributed by atoms with E-state index in [1.807, 2.05) is 54.6 Å². The summed E-state index contributed by atoms with van der Waals surface area (Å²) < 4.78 is 5.67. The highest BCUT2D eigenvalue weighted by Crippen LogP contribution is 2.26. The Morgan fingerprint density at radius 2 is 1.63 bits per heavy atom. The number of anilines is 5. The van der Waals surface area contributed by atoms with Gasteiger partial charge in [0.15, 0.2) is 11.6 Å². The third kappa shape index (κ3) is 5.24. The van der Waals surface area contributed by atoms with Crippen LogP contribution in [-0.4, -0.2) is 16.6 Å². The third-order valence-electron chi connectivity index (χ3n) is 3.87. The van der Waals surface area contributed by atoms with Gasteiger partial charge in [0.2, 0.25) is 0 Å². The van der Waals surface area contributed by atoms with Gasteiger partial charge in [0.1, 0.15) is 17.8 Å². The van der Waals surface area contributed by atoms with Crippen molar-refractivity contribution in [2.24, 2.45) is 0 Å². The topological polar surface area (TPSA) is 97.1 Å². The van der Waals surface area contributed by atoms with Crippen molar-refractivity contribution in [3.63, 3.8) is 0 Å². The number of para-hydroxylation sites is 1. The van der Waals surface area contributed by atoms with Crippen LogP contribution >= 0.6 is 0 Å². The van der Waals surface area contributed by atoms with Gasteiger partial charge in [0.05, 0.1) is 12.3 Å². The Hall–Kier alpha value is -3.48. The van der Waals surface area contributed by atoms with Crippen LogP contribution in [0.1, 0.15) is 19.8 Å². The molecule has 0 saturated carbocycles. The van der Waals surface area contributed by atoms with Gasteiger partial charge < -0.3 is 15.8 Å². The van der Waals surface area contributed by atoms with Crippen LogP contribution < -0.4 is 26.6 Å². The molecule has 0 aliphatic heterocycles. The number of nitrogens with one attached hydrogen (secondary N) is 3. The molecule has 0 amide bonds. The molecule has 140 valence electrons. The van der Waals surface area contributed by atoms with Gasteiger partial charge in [-0.2, -0.15) is 0 Å². The molecule has 7 nitrogen and oxygen atoms in total. The number of nitrogen functional groups attached to an aromatic ring is 1. The van der Waals surface area contributed by atoms with Crippen molar-refractivity contribution in [1.82, 2.24) is 9.97 Å². The van der Waals surface area contributed by atoms with Crippen molar-refractivity contribution in [3.8, 4) is 5.75 Å². The average Bonchev–Trinajstić information content (AvgIpc) is 2.71. The first kappa shape index (κ1) is 18.3. The van der Waals surface area contributed by atoms with E-state index in [1.54, 1.807) is 0 Å². The molecule has 0 fully saturated rings. The van der Waals surface area contributed by atoms with Crippen LogP contribution in [-0.2, 0) is 0 Å². The fourth-order valence-electron chi connectivity index (χ4n) is 2.35. The maximum Gasteiger partial charge on any atom is 0.173 e. The first-order valence-electron chi connectivity index (χ1n) is 8.93. The van der Waals surface area contributed by atoms with E-state index in [4.69, 9.17) is 10.5 Å². The van der Waals surface area contributed by atoms with E-state index in [-0.39, 0.29) is 0 Å². The van der Waals surface area contributed by atoms with Gasteiger partial charge in [-0.25, -0.2) is 9.97 Å². The van der Waals surface area contributed by atoms with Crippen molar-refractivity contribution in [2.45, 2.75) is 19.8 Å². The summed E-state index contributed by atoms with van der Waals surface area (Å²) in [5.74, 6) is 1.87. The monoisotopic (exact) mass is 364 g/mol. The molecule has 3 aromatic rings. The summed E-state index contributed by atoms with van der Waals surface area (Å²) in [7, 11) is 0. The number of ether oxygens (including phenoxy) is 1. The molecule has 0 spiro atoms. The van der Waals surface area contributed by atoms with E-state index >= 15 is 0 Å². The lowest BCUT2D eigenvalue weighted by Crippen LogP contribution is -2.13. The molecule has 0 radical (unpaired) electrons. The van der Waals surface area contributed by atoms with Gasteiger partial charge in [-0.05, 0) is 42.8 Å². The molecule has 0 aliphatic rings. The van der Waals surface area contributed by atoms with Gasteiger partial charge in [0, 0.05) is 5.69 Å². The lowest BCUT2D eigenvalue weighted by Gasteiger charge is -2.14. The lowest BCUT2D eigenvalue weighted by atomic mass is 10.3. The molecule has 0 aliphatic carbocycles. The van der Waals surface area contributed by atoms with Crippen LogP contribution in [0.2, 0.25) is 0 Å². The minimum Gasteiger partial charge on any atom is -0.494 e. The molecule has 1 aromatic heterocycles. The summed E-state index contributed by atoms with van der Waals surface area (Å²) in [5, 5.41) is 3.21. The van der Waals surface area contributed by atoms with E-state index in [0.717, 1.165) is 36.6 Å². The number of hydrogen-bond acceptors (Lipinski definition) is 7. The van der Waals surface area contributed by atoms with Gasteiger partial charge in [-0.15, -0.1) is 0 Å². The number of aromatic nitrogens is 2. The van der Waals surface area contributed by atoms with Crippen molar-refractivity contribution in [3.05, 3.63) is 60.9 Å². The van der Waals surface area contributed by atoms with E-state index in [2.05, 4.69) is 33.1 Å². The Kier molecular flexibility index (Phi) is 6.30. The van der Waals surface area contributed by atoms with Gasteiger partial charge in [-0.3, -0.25) is 10.9 Å². The highest BCUT2D eigenvalue weighted by atomic mass is 16.5. The van der Waals surface area contributed by atoms with Gasteiger partial charge in [-0.1, -0.05) is 31.5 Å². The molecular formula is C20H24N6O. The minimum absolute atomic E-state index is 0.421. The first-order chi connectivity index (χ1) is 13.3. The third-order valence-corrected chi connectivity index (χ3v) is 3.87. The number of unbranched alkanes of at least 4 members (excludes halogenated alkanes) is 1. The van der Waals surface area contributed by atoms with Crippen molar-refractivity contribution in [2.75, 3.05) is 28.5 Å². The van der Waals surface area contributed by atoms with Crippen LogP contribution in [0.3, 0.4) is 0 Å². The summed E-state index contributed by atoms with van der Waals surface area (Å²) in [6.45, 7) is 2.87. The standard InChI is InChI=1S/C20H24N6O/c1-2-3-13-27-17-11-9-15(10-12-17)24-19-18(21)20(23-14-22-19)26-25-16-7-5-4-6-8-16/h4-12,14,25H,2-3,13,21H2,1H3,(H2,22,23,24,26). The SMILES string of the molecule is CCCCOc1ccc(Nc2ncnc(NNc3ccccc3)c2N)cc1. The molecule has 5 N–H and O–H groups in total. The molecule has 0 bridgehead atoms. The Labute approximate surface area is 159 Å². The van der Waals surface area contributed by atoms with E-state index in [1.165, 1.54) is 6.33 Å². The second-order valence-corrected chi connectivity index (χ2v) is 5.95. The summed E-state index contributed by atoms with van der Waals surface area (Å²) in [6.07, 6.45) is 3.61. The maximum absolute atomic E-state index is 6.19. The summed E-state index contributed by atoms with van der Waals surface area (Å²) in [5.41, 5.74) is 14.5. The normalized spacial score (nSPS) is 10.3. The molecule has 27 heavy (non-hydrogen) atoms. The maximum atomic E-state index is 6.19. The van der Waals surface area contributed by atoms with Gasteiger partial charge >= 0.3 is 0 Å². The molecule has 0 atom stereocenters. The molecule has 7 heteroatoms. The molecule has 0 saturated heterocycles. The fourth-order valence-corrected chi connectivity index (χ4v) is 2.35. The average molecular weight is 364 g/mol. The number of hydrazine groups is 1. The van der Waals surface area contributed by atoms with E-state index < -0.39 is 0 Å². The second-order valence-electron chi connectivity index (χ2n) is 5.95. The van der Waals surface area contributed by atoms with Crippen LogP contribution in [0, 0.1) is 0 Å². The fraction of sp³-hybridized carbons (Fsp3) is 0.200. The van der Waals surface area contributed by atoms with E-state index in [0.29, 0.717) is 17.3 Å². The van der Waals surface area contributed by atoms with Crippen LogP contribution in [0.15, 0.2) is 60.9 Å². The predicted octanol–water partition coefficient (Wildman–Crippen LogP) is 4.42. The van der Waals surface area contributed by atoms with E-state index in [9.17, 15) is 0 Å². The predicted molar refractivity (Wildman–Crippen MR) is 110 cm³/mol. The summed E-state index contributed by atoms with van der Waals surface area (Å²) >= 11 is 0. The smallest absolute Gasteiger partial charge is 0.173 e. The van der Waals surface area contributed by atoms with Crippen molar-refractivity contribution >= 4 is 28.7 Å². The van der Waals surface area contributed by atoms with Gasteiger partial charge in [0.25, 0.3) is 0 Å². The molecule has 2 aromatic carbocycles. The summed E-state index contributed by atoms with van der Waals surface area (Å²) in [6, 6.07) is 17.4. The van der Waals surface area contributed by atoms with Crippen LogP contribution in [0.25, 0.3) is 0 Å². The minimum atomic E-state index is 0.421. The zero-order chi connectivity index (χ0) is 18.9. The Bertz CT molecular complexity index is 839. The zero-order valence-corrected chi connectivity index (χ0v) is 15.3. The number of benzene rings is 2. The molecule has 1 heterocycles. The molecule has 3 rings (SSSR count). The first-order valence-corrected chi connectivity index (χ1v) is 8.93. The Morgan fingerprint density at radius 1 is 0.889 bits per heavy atom. The lowest BCUT2D eigenvalue weighted by molar-refractivity contribution is 0.309. The molecular weight excluding hydrogens is 340 g/mol. The highest BCUT2D eigenvalue weighted by Gasteiger charge is 2.08. The Morgan fingerprint density at radius 3 is 2.37 bits per heavy atom. The highest BCUT2D eigenvalue weighted by molar-refractivity contribution is 5.78. The van der Waals surface area contributed by atoms with Crippen molar-refractivity contribution in [1.29, 1.82) is 0 Å². The zero-order valence-electron chi connectivity index (χ0n) is 15.3. The number of nitrogens with zero attached hydrogens (tertiary/aromatic N) is 2. The number of rotatable bonds is 9. The number of nitrogens with two attached hydrogens (primary N) is 1. The molecule has 0 unspecified atom stereocenters. The van der Waals surface area contributed by atoms with Crippen LogP contribution in [0.5, 0.6) is 5.75 Å². The Balaban J connectivity index is 1.63. The largest absolute Gasteiger partial charge is 0.494 e. The number of hydrogen-bond donors (Lipinski definition) is 4.